The van der Waals surface area contributed by atoms with Gasteiger partial charge in [-0.15, -0.1) is 0 Å². The van der Waals surface area contributed by atoms with E-state index in [1.54, 1.807) is 18.3 Å². The van der Waals surface area contributed by atoms with Gasteiger partial charge in [0.1, 0.15) is 5.82 Å². The van der Waals surface area contributed by atoms with E-state index in [2.05, 4.69) is 31.8 Å². The molecule has 164 valence electrons. The minimum Gasteiger partial charge on any atom is -0.465 e. The molecule has 0 spiro atoms. The number of ether oxygens (including phenoxy) is 1. The second-order valence-corrected chi connectivity index (χ2v) is 7.85. The molecule has 0 aliphatic heterocycles. The largest absolute Gasteiger partial charge is 0.465 e. The first-order chi connectivity index (χ1) is 16.1. The zero-order chi connectivity index (χ0) is 22.8. The van der Waals surface area contributed by atoms with Gasteiger partial charge in [-0.3, -0.25) is 9.38 Å². The highest BCUT2D eigenvalue weighted by atomic mass is 19.1. The maximum Gasteiger partial charge on any atom is 0.337 e. The monoisotopic (exact) mass is 440 g/mol. The molecule has 6 nitrogen and oxygen atoms in total. The smallest absolute Gasteiger partial charge is 0.337 e. The van der Waals surface area contributed by atoms with Gasteiger partial charge in [0.05, 0.1) is 24.4 Å². The van der Waals surface area contributed by atoms with Crippen LogP contribution in [0.15, 0.2) is 79.4 Å². The lowest BCUT2D eigenvalue weighted by Crippen LogP contribution is -2.02. The maximum atomic E-state index is 14.4. The number of para-hydroxylation sites is 1. The topological polar surface area (TPSA) is 69.4 Å². The van der Waals surface area contributed by atoms with Crippen molar-refractivity contribution in [1.82, 2.24) is 19.4 Å². The zero-order valence-electron chi connectivity index (χ0n) is 18.0. The lowest BCUT2D eigenvalue weighted by atomic mass is 10.1. The molecule has 7 heteroatoms. The van der Waals surface area contributed by atoms with Crippen LogP contribution in [0.25, 0.3) is 27.8 Å². The molecule has 0 unspecified atom stereocenters. The molecule has 0 N–H and O–H groups in total. The Hall–Kier alpha value is -4.13. The van der Waals surface area contributed by atoms with Gasteiger partial charge in [-0.05, 0) is 37.1 Å². The third-order valence-corrected chi connectivity index (χ3v) is 5.60. The fourth-order valence-corrected chi connectivity index (χ4v) is 3.72. The predicted molar refractivity (Wildman–Crippen MR) is 123 cm³/mol. The quantitative estimate of drug-likeness (QED) is 0.350. The molecule has 2 aromatic carbocycles. The third-order valence-electron chi connectivity index (χ3n) is 5.60. The molecule has 1 aliphatic rings. The molecule has 0 atom stereocenters. The lowest BCUT2D eigenvalue weighted by Gasteiger charge is -2.07. The van der Waals surface area contributed by atoms with Gasteiger partial charge in [0.25, 0.3) is 0 Å². The summed E-state index contributed by atoms with van der Waals surface area (Å²) in [6.45, 7) is 0. The molecule has 0 bridgehead atoms. The van der Waals surface area contributed by atoms with Crippen molar-refractivity contribution in [1.29, 1.82) is 0 Å². The molecular weight excluding hydrogens is 419 g/mol. The normalized spacial score (nSPS) is 12.9. The summed E-state index contributed by atoms with van der Waals surface area (Å²) in [4.78, 5) is 24.2. The number of benzene rings is 2. The van der Waals surface area contributed by atoms with Crippen LogP contribution < -0.4 is 0 Å². The Morgan fingerprint density at radius 2 is 1.82 bits per heavy atom. The molecule has 3 heterocycles. The number of imidazole rings is 1. The molecular formula is C26H21FN4O2. The minimum atomic E-state index is -0.561. The SMILES string of the molecule is COC(=O)c1ccc(-c2cnc3ncc(C4CC4)n3c2)c(F)c1.c1ccc2ncccc2c1. The maximum absolute atomic E-state index is 14.4. The summed E-state index contributed by atoms with van der Waals surface area (Å²) in [5.74, 6) is 0.0904. The van der Waals surface area contributed by atoms with E-state index in [0.717, 1.165) is 24.1 Å². The number of rotatable bonds is 3. The summed E-state index contributed by atoms with van der Waals surface area (Å²) in [5.41, 5.74) is 3.39. The molecule has 1 fully saturated rings. The van der Waals surface area contributed by atoms with E-state index in [1.807, 2.05) is 47.3 Å². The van der Waals surface area contributed by atoms with E-state index in [4.69, 9.17) is 0 Å². The number of aromatic nitrogens is 4. The number of nitrogens with zero attached hydrogens (tertiary/aromatic N) is 4. The Bertz CT molecular complexity index is 1390. The summed E-state index contributed by atoms with van der Waals surface area (Å²) in [5, 5.41) is 1.20. The van der Waals surface area contributed by atoms with Crippen LogP contribution in [0, 0.1) is 5.82 Å². The number of carbonyl (C=O) groups is 1. The Morgan fingerprint density at radius 1 is 1.03 bits per heavy atom. The van der Waals surface area contributed by atoms with Crippen LogP contribution in [0.5, 0.6) is 0 Å². The third kappa shape index (κ3) is 4.30. The number of hydrogen-bond acceptors (Lipinski definition) is 5. The molecule has 0 saturated heterocycles. The summed E-state index contributed by atoms with van der Waals surface area (Å²) >= 11 is 0. The van der Waals surface area contributed by atoms with E-state index in [9.17, 15) is 9.18 Å². The highest BCUT2D eigenvalue weighted by Crippen LogP contribution is 2.40. The van der Waals surface area contributed by atoms with Crippen LogP contribution in [-0.2, 0) is 4.74 Å². The predicted octanol–water partition coefficient (Wildman–Crippen LogP) is 5.43. The molecule has 0 radical (unpaired) electrons. The van der Waals surface area contributed by atoms with Crippen LogP contribution in [-0.4, -0.2) is 32.4 Å². The minimum absolute atomic E-state index is 0.184. The van der Waals surface area contributed by atoms with Gasteiger partial charge >= 0.3 is 5.97 Å². The fourth-order valence-electron chi connectivity index (χ4n) is 3.72. The zero-order valence-corrected chi connectivity index (χ0v) is 18.0. The lowest BCUT2D eigenvalue weighted by molar-refractivity contribution is 0.0600. The Kier molecular flexibility index (Phi) is 5.52. The van der Waals surface area contributed by atoms with Crippen LogP contribution >= 0.6 is 0 Å². The first-order valence-electron chi connectivity index (χ1n) is 10.6. The second-order valence-electron chi connectivity index (χ2n) is 7.85. The van der Waals surface area contributed by atoms with Crippen molar-refractivity contribution in [2.45, 2.75) is 18.8 Å². The van der Waals surface area contributed by atoms with E-state index < -0.39 is 11.8 Å². The van der Waals surface area contributed by atoms with Crippen molar-refractivity contribution in [3.8, 4) is 11.1 Å². The Balaban J connectivity index is 0.000000190. The van der Waals surface area contributed by atoms with Crippen molar-refractivity contribution in [2.75, 3.05) is 7.11 Å². The van der Waals surface area contributed by atoms with Crippen LogP contribution in [0.2, 0.25) is 0 Å². The summed E-state index contributed by atoms with van der Waals surface area (Å²) < 4.78 is 20.9. The highest BCUT2D eigenvalue weighted by molar-refractivity contribution is 5.90. The summed E-state index contributed by atoms with van der Waals surface area (Å²) in [6, 6.07) is 16.4. The van der Waals surface area contributed by atoms with E-state index in [1.165, 1.54) is 18.6 Å². The number of esters is 1. The average Bonchev–Trinajstić information content (AvgIpc) is 3.62. The molecule has 5 aromatic rings. The number of fused-ring (bicyclic) bond motifs is 2. The van der Waals surface area contributed by atoms with Gasteiger partial charge in [-0.2, -0.15) is 0 Å². The Labute approximate surface area is 189 Å². The van der Waals surface area contributed by atoms with Crippen LogP contribution in [0.1, 0.15) is 34.8 Å². The molecule has 1 saturated carbocycles. The average molecular weight is 440 g/mol. The van der Waals surface area contributed by atoms with Gasteiger partial charge in [0.2, 0.25) is 5.78 Å². The first-order valence-corrected chi connectivity index (χ1v) is 10.6. The van der Waals surface area contributed by atoms with Crippen LogP contribution in [0.3, 0.4) is 0 Å². The first kappa shape index (κ1) is 20.8. The molecule has 1 aliphatic carbocycles. The van der Waals surface area contributed by atoms with Gasteiger partial charge in [-0.25, -0.2) is 19.2 Å². The standard InChI is InChI=1S/C17H14FN3O2.C9H7N/c1-23-16(22)11-4-5-13(14(18)6-11)12-7-19-17-20-8-15(10-2-3-10)21(17)9-12;1-2-6-9-8(4-1)5-3-7-10-9/h4-10H,2-3H2,1H3;1-7H. The number of hydrogen-bond donors (Lipinski definition) is 0. The van der Waals surface area contributed by atoms with Gasteiger partial charge < -0.3 is 4.74 Å². The van der Waals surface area contributed by atoms with Crippen molar-refractivity contribution in [2.24, 2.45) is 0 Å². The van der Waals surface area contributed by atoms with Gasteiger partial charge in [0, 0.05) is 46.7 Å². The molecule has 33 heavy (non-hydrogen) atoms. The van der Waals surface area contributed by atoms with Crippen molar-refractivity contribution >= 4 is 22.6 Å². The van der Waals surface area contributed by atoms with Crippen molar-refractivity contribution in [3.63, 3.8) is 0 Å². The number of pyridine rings is 1. The van der Waals surface area contributed by atoms with Crippen LogP contribution in [0.4, 0.5) is 4.39 Å². The number of halogens is 1. The van der Waals surface area contributed by atoms with Gasteiger partial charge in [-0.1, -0.05) is 30.3 Å². The summed E-state index contributed by atoms with van der Waals surface area (Å²) in [7, 11) is 1.27. The van der Waals surface area contributed by atoms with E-state index in [0.29, 0.717) is 22.8 Å². The molecule has 3 aromatic heterocycles. The molecule has 6 rings (SSSR count). The Morgan fingerprint density at radius 3 is 2.58 bits per heavy atom. The molecule has 0 amide bonds. The second kappa shape index (κ2) is 8.78. The van der Waals surface area contributed by atoms with Crippen molar-refractivity contribution < 1.29 is 13.9 Å². The van der Waals surface area contributed by atoms with Gasteiger partial charge in [0.15, 0.2) is 0 Å². The van der Waals surface area contributed by atoms with Crippen molar-refractivity contribution in [3.05, 3.63) is 96.5 Å². The number of methoxy groups -OCH3 is 1. The highest BCUT2D eigenvalue weighted by Gasteiger charge is 2.27. The summed E-state index contributed by atoms with van der Waals surface area (Å²) in [6.07, 6.45) is 9.39. The fraction of sp³-hybridized carbons (Fsp3) is 0.154. The van der Waals surface area contributed by atoms with E-state index >= 15 is 0 Å². The number of carbonyl (C=O) groups excluding carboxylic acids is 1. The van der Waals surface area contributed by atoms with E-state index in [-0.39, 0.29) is 5.56 Å².